The molecule has 1 aromatic carbocycles. The molecule has 216 valence electrons. The first-order valence-electron chi connectivity index (χ1n) is 15.9. The Bertz CT molecular complexity index is 928. The second-order valence-electron chi connectivity index (χ2n) is 11.0. The Morgan fingerprint density at radius 3 is 2.24 bits per heavy atom. The maximum Gasteiger partial charge on any atom is 0.0552 e. The smallest absolute Gasteiger partial charge is 0.0552 e. The Kier molecular flexibility index (Phi) is 17.9. The minimum atomic E-state index is 0.810. The van der Waals surface area contributed by atoms with Crippen LogP contribution < -0.4 is 16.2 Å². The van der Waals surface area contributed by atoms with Crippen molar-refractivity contribution >= 4 is 18.0 Å². The van der Waals surface area contributed by atoms with Crippen molar-refractivity contribution in [3.63, 3.8) is 0 Å². The monoisotopic (exact) mass is 523 g/mol. The van der Waals surface area contributed by atoms with Gasteiger partial charge in [-0.1, -0.05) is 130 Å². The number of aliphatic imine (C=N–C) groups is 1. The van der Waals surface area contributed by atoms with Crippen LogP contribution in [0.2, 0.25) is 0 Å². The van der Waals surface area contributed by atoms with Crippen molar-refractivity contribution in [2.75, 3.05) is 20.1 Å². The predicted octanol–water partition coefficient (Wildman–Crippen LogP) is 8.13. The maximum absolute atomic E-state index is 6.09. The summed E-state index contributed by atoms with van der Waals surface area (Å²) in [5.41, 5.74) is 10.7. The fourth-order valence-electron chi connectivity index (χ4n) is 6.12. The van der Waals surface area contributed by atoms with Crippen molar-refractivity contribution in [1.29, 1.82) is 0 Å². The Morgan fingerprint density at radius 2 is 1.68 bits per heavy atom. The van der Waals surface area contributed by atoms with Crippen molar-refractivity contribution in [2.45, 2.75) is 125 Å². The molecule has 0 aromatic heterocycles. The van der Waals surface area contributed by atoms with Gasteiger partial charge in [0.15, 0.2) is 0 Å². The van der Waals surface area contributed by atoms with Crippen molar-refractivity contribution < 1.29 is 0 Å². The minimum absolute atomic E-state index is 0.810. The van der Waals surface area contributed by atoms with E-state index in [0.717, 1.165) is 47.8 Å². The molecule has 1 aliphatic carbocycles. The molecular formula is C35H61N3. The summed E-state index contributed by atoms with van der Waals surface area (Å²) in [7, 11) is 1.87. The van der Waals surface area contributed by atoms with Gasteiger partial charge < -0.3 is 10.6 Å². The molecule has 0 unspecified atom stereocenters. The molecule has 0 radical (unpaired) electrons. The normalized spacial score (nSPS) is 19.7. The van der Waals surface area contributed by atoms with E-state index >= 15 is 0 Å². The summed E-state index contributed by atoms with van der Waals surface area (Å²) in [6.07, 6.45) is 19.5. The Balaban J connectivity index is 0.000000548. The summed E-state index contributed by atoms with van der Waals surface area (Å²) in [4.78, 5) is 7.04. The van der Waals surface area contributed by atoms with Gasteiger partial charge in [0.2, 0.25) is 0 Å². The highest BCUT2D eigenvalue weighted by Gasteiger charge is 2.25. The fraction of sp³-hybridized carbons (Fsp3) is 0.686. The number of piperidine rings is 1. The van der Waals surface area contributed by atoms with Gasteiger partial charge in [-0.05, 0) is 36.5 Å². The molecule has 1 saturated heterocycles. The Morgan fingerprint density at radius 1 is 1.03 bits per heavy atom. The zero-order chi connectivity index (χ0) is 28.3. The van der Waals surface area contributed by atoms with Crippen LogP contribution in [-0.4, -0.2) is 30.7 Å². The molecule has 2 fully saturated rings. The van der Waals surface area contributed by atoms with Crippen molar-refractivity contribution in [3.05, 3.63) is 46.0 Å². The number of rotatable bonds is 9. The highest BCUT2D eigenvalue weighted by atomic mass is 15.1. The van der Waals surface area contributed by atoms with Gasteiger partial charge in [0.05, 0.1) is 5.70 Å². The van der Waals surface area contributed by atoms with Crippen LogP contribution in [0.25, 0.3) is 12.3 Å². The molecular weight excluding hydrogens is 462 g/mol. The molecule has 3 rings (SSSR count). The molecule has 2 N–H and O–H groups in total. The zero-order valence-electron chi connectivity index (χ0n) is 26.2. The summed E-state index contributed by atoms with van der Waals surface area (Å²) in [6, 6.07) is 6.47. The molecule has 0 bridgehead atoms. The van der Waals surface area contributed by atoms with E-state index in [9.17, 15) is 0 Å². The van der Waals surface area contributed by atoms with Crippen LogP contribution in [-0.2, 0) is 0 Å². The number of nitrogens with zero attached hydrogens (tertiary/aromatic N) is 2. The molecule has 2 aliphatic rings. The van der Waals surface area contributed by atoms with E-state index in [1.807, 2.05) is 20.9 Å². The highest BCUT2D eigenvalue weighted by molar-refractivity contribution is 6.11. The molecule has 1 saturated carbocycles. The standard InChI is InChI=1S/C24H37N3.C9H18.C2H6/c1-6-8-20(9-7-2)12-14-27-15-13-23(26-5)22(17-25)24(27)21-16-18(3)10-11-19(21)4;1-2-6-9-7-4-3-5-8-9;1-2/h10-11,16-17,20H,4,6-9,12-15,25H2,1-3,5H3;9H,2-8H2,1H3;1-2H3/b22-17-,24-21+,26-23?;;. The molecule has 0 amide bonds. The Labute approximate surface area is 236 Å². The number of benzene rings is 1. The average Bonchev–Trinajstić information content (AvgIpc) is 2.95. The number of aryl methyl sites for hydroxylation is 1. The van der Waals surface area contributed by atoms with E-state index in [0.29, 0.717) is 0 Å². The van der Waals surface area contributed by atoms with E-state index < -0.39 is 0 Å². The first-order valence-corrected chi connectivity index (χ1v) is 15.9. The van der Waals surface area contributed by atoms with Gasteiger partial charge in [0.25, 0.3) is 0 Å². The van der Waals surface area contributed by atoms with Crippen LogP contribution in [0.3, 0.4) is 0 Å². The first-order chi connectivity index (χ1) is 18.5. The van der Waals surface area contributed by atoms with Crippen molar-refractivity contribution in [3.8, 4) is 0 Å². The average molecular weight is 524 g/mol. The Hall–Kier alpha value is -2.03. The lowest BCUT2D eigenvalue weighted by atomic mass is 9.86. The minimum Gasteiger partial charge on any atom is -0.404 e. The van der Waals surface area contributed by atoms with Gasteiger partial charge in [-0.3, -0.25) is 4.99 Å². The zero-order valence-corrected chi connectivity index (χ0v) is 26.2. The van der Waals surface area contributed by atoms with Gasteiger partial charge in [-0.2, -0.15) is 0 Å². The van der Waals surface area contributed by atoms with Gasteiger partial charge in [0.1, 0.15) is 0 Å². The molecule has 3 nitrogen and oxygen atoms in total. The van der Waals surface area contributed by atoms with Crippen molar-refractivity contribution in [2.24, 2.45) is 22.6 Å². The topological polar surface area (TPSA) is 41.6 Å². The number of likely N-dealkylation sites (tertiary alicyclic amines) is 1. The predicted molar refractivity (Wildman–Crippen MR) is 172 cm³/mol. The largest absolute Gasteiger partial charge is 0.404 e. The van der Waals surface area contributed by atoms with Crippen LogP contribution in [0.1, 0.15) is 124 Å². The second-order valence-corrected chi connectivity index (χ2v) is 11.0. The van der Waals surface area contributed by atoms with Crippen LogP contribution in [0.4, 0.5) is 0 Å². The van der Waals surface area contributed by atoms with Crippen LogP contribution >= 0.6 is 0 Å². The first kappa shape index (κ1) is 34.0. The van der Waals surface area contributed by atoms with Gasteiger partial charge in [-0.15, -0.1) is 0 Å². The van der Waals surface area contributed by atoms with Gasteiger partial charge in [0, 0.05) is 49.3 Å². The summed E-state index contributed by atoms with van der Waals surface area (Å²) >= 11 is 0. The number of nitrogens with two attached hydrogens (primary N) is 1. The van der Waals surface area contributed by atoms with Gasteiger partial charge in [-0.25, -0.2) is 0 Å². The summed E-state index contributed by atoms with van der Waals surface area (Å²) in [5, 5.41) is 2.24. The fourth-order valence-corrected chi connectivity index (χ4v) is 6.12. The molecule has 1 heterocycles. The summed E-state index contributed by atoms with van der Waals surface area (Å²) in [6.45, 7) is 19.4. The van der Waals surface area contributed by atoms with Crippen molar-refractivity contribution in [1.82, 2.24) is 4.90 Å². The molecule has 3 heteroatoms. The molecule has 1 aliphatic heterocycles. The third-order valence-electron chi connectivity index (χ3n) is 8.08. The van der Waals surface area contributed by atoms with E-state index in [1.165, 1.54) is 93.5 Å². The molecule has 0 atom stereocenters. The molecule has 0 spiro atoms. The lowest BCUT2D eigenvalue weighted by Gasteiger charge is -2.35. The van der Waals surface area contributed by atoms with Crippen LogP contribution in [0.15, 0.2) is 35.0 Å². The third-order valence-corrected chi connectivity index (χ3v) is 8.08. The van der Waals surface area contributed by atoms with Gasteiger partial charge >= 0.3 is 0 Å². The highest BCUT2D eigenvalue weighted by Crippen LogP contribution is 2.28. The maximum atomic E-state index is 6.09. The molecule has 38 heavy (non-hydrogen) atoms. The lowest BCUT2D eigenvalue weighted by molar-refractivity contribution is 0.323. The van der Waals surface area contributed by atoms with E-state index in [4.69, 9.17) is 5.73 Å². The van der Waals surface area contributed by atoms with Crippen LogP contribution in [0, 0.1) is 18.8 Å². The van der Waals surface area contributed by atoms with E-state index in [1.54, 1.807) is 6.20 Å². The summed E-state index contributed by atoms with van der Waals surface area (Å²) < 4.78 is 0. The SMILES string of the molecule is C=c1ccc(C)c/c1=C1/C(=C\N)C(=NC)CCN1CCC(CCC)CCC.CC.CCCC1CCCCC1. The number of hydrogen-bond acceptors (Lipinski definition) is 3. The summed E-state index contributed by atoms with van der Waals surface area (Å²) in [5.74, 6) is 1.91. The van der Waals surface area contributed by atoms with Crippen LogP contribution in [0.5, 0.6) is 0 Å². The third kappa shape index (κ3) is 11.0. The number of hydrogen-bond donors (Lipinski definition) is 1. The quantitative estimate of drug-likeness (QED) is 0.355. The van der Waals surface area contributed by atoms with E-state index in [-0.39, 0.29) is 0 Å². The second kappa shape index (κ2) is 20.0. The van der Waals surface area contributed by atoms with E-state index in [2.05, 4.69) is 62.4 Å². The molecule has 1 aromatic rings. The lowest BCUT2D eigenvalue weighted by Crippen LogP contribution is -2.41.